The highest BCUT2D eigenvalue weighted by Gasteiger charge is 2.28. The van der Waals surface area contributed by atoms with E-state index >= 15 is 0 Å². The Morgan fingerprint density at radius 2 is 2.08 bits per heavy atom. The van der Waals surface area contributed by atoms with Crippen LogP contribution in [0.1, 0.15) is 25.3 Å². The second kappa shape index (κ2) is 7.95. The number of nitrogens with one attached hydrogen (secondary N) is 2. The van der Waals surface area contributed by atoms with Crippen molar-refractivity contribution in [1.82, 2.24) is 15.1 Å². The number of nitrogens with zero attached hydrogens (tertiary/aromatic N) is 3. The predicted molar refractivity (Wildman–Crippen MR) is 96.3 cm³/mol. The smallest absolute Gasteiger partial charge is 0.242 e. The highest BCUT2D eigenvalue weighted by Crippen LogP contribution is 2.23. The van der Waals surface area contributed by atoms with Crippen LogP contribution in [0.25, 0.3) is 0 Å². The van der Waals surface area contributed by atoms with E-state index in [1.807, 2.05) is 6.92 Å². The number of nitriles is 1. The summed E-state index contributed by atoms with van der Waals surface area (Å²) in [6.45, 7) is 5.37. The summed E-state index contributed by atoms with van der Waals surface area (Å²) in [5, 5.41) is 17.3. The van der Waals surface area contributed by atoms with Crippen molar-refractivity contribution >= 4 is 28.2 Å². The summed E-state index contributed by atoms with van der Waals surface area (Å²) in [5.74, 6) is 0.00217. The van der Waals surface area contributed by atoms with E-state index in [0.29, 0.717) is 23.2 Å². The van der Waals surface area contributed by atoms with Gasteiger partial charge in [0.25, 0.3) is 0 Å². The number of carbonyl (C=O) groups excluding carboxylic acids is 2. The molecule has 7 nitrogen and oxygen atoms in total. The zero-order chi connectivity index (χ0) is 17.8. The Hall–Kier alpha value is -1.95. The number of rotatable bonds is 6. The van der Waals surface area contributed by atoms with E-state index in [1.54, 1.807) is 11.4 Å². The van der Waals surface area contributed by atoms with E-state index in [-0.39, 0.29) is 17.9 Å². The van der Waals surface area contributed by atoms with Gasteiger partial charge in [-0.25, -0.2) is 0 Å². The fourth-order valence-corrected chi connectivity index (χ4v) is 3.63. The first-order chi connectivity index (χ1) is 12.1. The molecule has 1 atom stereocenters. The van der Waals surface area contributed by atoms with E-state index in [9.17, 15) is 9.59 Å². The fraction of sp³-hybridized carbons (Fsp3) is 0.588. The Morgan fingerprint density at radius 1 is 1.36 bits per heavy atom. The summed E-state index contributed by atoms with van der Waals surface area (Å²) in [4.78, 5) is 28.5. The molecule has 134 valence electrons. The monoisotopic (exact) mass is 361 g/mol. The lowest BCUT2D eigenvalue weighted by molar-refractivity contribution is -0.124. The second-order valence-electron chi connectivity index (χ2n) is 6.59. The molecule has 2 fully saturated rings. The maximum atomic E-state index is 12.4. The third kappa shape index (κ3) is 4.78. The van der Waals surface area contributed by atoms with Crippen molar-refractivity contribution < 1.29 is 9.59 Å². The number of anilines is 1. The van der Waals surface area contributed by atoms with Crippen LogP contribution in [0.3, 0.4) is 0 Å². The number of thiophene rings is 1. The molecular weight excluding hydrogens is 338 g/mol. The molecule has 0 radical (unpaired) electrons. The molecule has 25 heavy (non-hydrogen) atoms. The lowest BCUT2D eigenvalue weighted by Gasteiger charge is -2.37. The standard InChI is InChI=1S/C17H23N5O2S/c1-12(16(24)20-17-13(10-18)4-9-25-17)22-7-5-21(6-8-22)11-15(23)19-14-2-3-14/h4,9,12,14H,2-3,5-8,11H2,1H3,(H,19,23)(H,20,24)/t12-/m0/s1. The number of amides is 2. The zero-order valence-electron chi connectivity index (χ0n) is 14.3. The average Bonchev–Trinajstić information content (AvgIpc) is 3.30. The number of hydrogen-bond acceptors (Lipinski definition) is 6. The van der Waals surface area contributed by atoms with Gasteiger partial charge in [0.2, 0.25) is 11.8 Å². The van der Waals surface area contributed by atoms with Gasteiger partial charge in [-0.15, -0.1) is 11.3 Å². The molecule has 2 aliphatic rings. The van der Waals surface area contributed by atoms with Crippen LogP contribution in [0, 0.1) is 11.3 Å². The summed E-state index contributed by atoms with van der Waals surface area (Å²) >= 11 is 1.36. The minimum Gasteiger partial charge on any atom is -0.352 e. The molecule has 1 aliphatic carbocycles. The topological polar surface area (TPSA) is 88.5 Å². The Balaban J connectivity index is 1.44. The van der Waals surface area contributed by atoms with Crippen LogP contribution < -0.4 is 10.6 Å². The van der Waals surface area contributed by atoms with Crippen molar-refractivity contribution in [2.45, 2.75) is 31.8 Å². The Morgan fingerprint density at radius 3 is 2.72 bits per heavy atom. The van der Waals surface area contributed by atoms with Gasteiger partial charge in [0, 0.05) is 32.2 Å². The molecule has 0 bridgehead atoms. The van der Waals surface area contributed by atoms with Gasteiger partial charge in [0.1, 0.15) is 11.1 Å². The lowest BCUT2D eigenvalue weighted by Crippen LogP contribution is -2.54. The molecule has 8 heteroatoms. The molecule has 2 heterocycles. The molecule has 2 amide bonds. The van der Waals surface area contributed by atoms with E-state index in [4.69, 9.17) is 5.26 Å². The van der Waals surface area contributed by atoms with E-state index in [2.05, 4.69) is 26.5 Å². The van der Waals surface area contributed by atoms with E-state index in [1.165, 1.54) is 11.3 Å². The first-order valence-corrected chi connectivity index (χ1v) is 9.49. The minimum absolute atomic E-state index is 0.0983. The number of hydrogen-bond donors (Lipinski definition) is 2. The van der Waals surface area contributed by atoms with Crippen molar-refractivity contribution in [3.05, 3.63) is 17.0 Å². The first kappa shape index (κ1) is 17.9. The number of carbonyl (C=O) groups is 2. The van der Waals surface area contributed by atoms with Gasteiger partial charge in [-0.2, -0.15) is 5.26 Å². The highest BCUT2D eigenvalue weighted by atomic mass is 32.1. The molecule has 1 saturated heterocycles. The molecular formula is C17H23N5O2S. The number of piperazine rings is 1. The van der Waals surface area contributed by atoms with Crippen molar-refractivity contribution in [2.75, 3.05) is 38.0 Å². The Labute approximate surface area is 151 Å². The van der Waals surface area contributed by atoms with Crippen LogP contribution in [-0.4, -0.2) is 66.4 Å². The summed E-state index contributed by atoms with van der Waals surface area (Å²) in [6.07, 6.45) is 2.20. The van der Waals surface area contributed by atoms with Crippen LogP contribution in [0.5, 0.6) is 0 Å². The second-order valence-corrected chi connectivity index (χ2v) is 7.51. The van der Waals surface area contributed by atoms with Crippen LogP contribution in [0.4, 0.5) is 5.00 Å². The maximum Gasteiger partial charge on any atom is 0.242 e. The molecule has 0 spiro atoms. The molecule has 1 aromatic heterocycles. The van der Waals surface area contributed by atoms with Crippen LogP contribution >= 0.6 is 11.3 Å². The molecule has 1 aromatic rings. The van der Waals surface area contributed by atoms with Gasteiger partial charge in [-0.1, -0.05) is 0 Å². The van der Waals surface area contributed by atoms with Gasteiger partial charge in [0.15, 0.2) is 0 Å². The van der Waals surface area contributed by atoms with Crippen molar-refractivity contribution in [3.8, 4) is 6.07 Å². The SMILES string of the molecule is C[C@@H](C(=O)Nc1sccc1C#N)N1CCN(CC(=O)NC2CC2)CC1. The van der Waals surface area contributed by atoms with Crippen molar-refractivity contribution in [2.24, 2.45) is 0 Å². The maximum absolute atomic E-state index is 12.4. The predicted octanol–water partition coefficient (Wildman–Crippen LogP) is 0.843. The molecule has 1 saturated carbocycles. The molecule has 1 aliphatic heterocycles. The van der Waals surface area contributed by atoms with Crippen molar-refractivity contribution in [1.29, 1.82) is 5.26 Å². The Kier molecular flexibility index (Phi) is 5.68. The fourth-order valence-electron chi connectivity index (χ4n) is 2.89. The summed E-state index contributed by atoms with van der Waals surface area (Å²) in [6, 6.07) is 3.91. The van der Waals surface area contributed by atoms with Crippen molar-refractivity contribution in [3.63, 3.8) is 0 Å². The quantitative estimate of drug-likeness (QED) is 0.784. The van der Waals surface area contributed by atoms with Gasteiger partial charge >= 0.3 is 0 Å². The molecule has 0 aromatic carbocycles. The van der Waals surface area contributed by atoms with E-state index in [0.717, 1.165) is 39.0 Å². The van der Waals surface area contributed by atoms with Crippen LogP contribution in [-0.2, 0) is 9.59 Å². The van der Waals surface area contributed by atoms with Gasteiger partial charge in [-0.05, 0) is 31.2 Å². The molecule has 3 rings (SSSR count). The van der Waals surface area contributed by atoms with Crippen LogP contribution in [0.2, 0.25) is 0 Å². The van der Waals surface area contributed by atoms with Crippen LogP contribution in [0.15, 0.2) is 11.4 Å². The summed E-state index contributed by atoms with van der Waals surface area (Å²) in [5.41, 5.74) is 0.497. The first-order valence-electron chi connectivity index (χ1n) is 8.61. The van der Waals surface area contributed by atoms with Gasteiger partial charge in [-0.3, -0.25) is 19.4 Å². The largest absolute Gasteiger partial charge is 0.352 e. The third-order valence-corrected chi connectivity index (χ3v) is 5.50. The average molecular weight is 361 g/mol. The normalized spacial score (nSPS) is 19.8. The van der Waals surface area contributed by atoms with Gasteiger partial charge in [0.05, 0.1) is 18.2 Å². The summed E-state index contributed by atoms with van der Waals surface area (Å²) in [7, 11) is 0. The lowest BCUT2D eigenvalue weighted by atomic mass is 10.2. The van der Waals surface area contributed by atoms with Gasteiger partial charge < -0.3 is 10.6 Å². The Bertz CT molecular complexity index is 671. The van der Waals surface area contributed by atoms with E-state index < -0.39 is 0 Å². The minimum atomic E-state index is -0.268. The molecule has 0 unspecified atom stereocenters. The third-order valence-electron chi connectivity index (χ3n) is 4.67. The molecule has 2 N–H and O–H groups in total. The summed E-state index contributed by atoms with van der Waals surface area (Å²) < 4.78 is 0. The zero-order valence-corrected chi connectivity index (χ0v) is 15.1. The highest BCUT2D eigenvalue weighted by molar-refractivity contribution is 7.14.